The second kappa shape index (κ2) is 6.30. The summed E-state index contributed by atoms with van der Waals surface area (Å²) in [7, 11) is 1.55. The lowest BCUT2D eigenvalue weighted by Gasteiger charge is -2.24. The number of aliphatic imine (C=N–C) groups is 1. The maximum atomic E-state index is 13.2. The van der Waals surface area contributed by atoms with Crippen molar-refractivity contribution in [2.24, 2.45) is 4.99 Å². The molecule has 0 spiro atoms. The standard InChI is InChI=1S/C19H18F3N3O/c1-26-15-8-12(10-23-11-15)16-6-7-25(14-3-4-14)18-5-2-13(19(20,21)22)9-17(18)24-16/h2,5,8-11,14H,3-4,6-7H2,1H3. The van der Waals surface area contributed by atoms with Gasteiger partial charge in [0.2, 0.25) is 0 Å². The molecule has 4 nitrogen and oxygen atoms in total. The molecule has 0 radical (unpaired) electrons. The molecule has 2 heterocycles. The third-order valence-electron chi connectivity index (χ3n) is 4.73. The quantitative estimate of drug-likeness (QED) is 0.802. The molecule has 1 aliphatic heterocycles. The van der Waals surface area contributed by atoms with Gasteiger partial charge in [0.25, 0.3) is 0 Å². The van der Waals surface area contributed by atoms with Crippen LogP contribution >= 0.6 is 0 Å². The molecule has 0 amide bonds. The van der Waals surface area contributed by atoms with Crippen LogP contribution in [0.3, 0.4) is 0 Å². The number of fused-ring (bicyclic) bond motifs is 1. The molecule has 136 valence electrons. The summed E-state index contributed by atoms with van der Waals surface area (Å²) in [6.07, 6.45) is 1.64. The van der Waals surface area contributed by atoms with Gasteiger partial charge in [-0.15, -0.1) is 0 Å². The number of nitrogens with zero attached hydrogens (tertiary/aromatic N) is 3. The lowest BCUT2D eigenvalue weighted by molar-refractivity contribution is -0.137. The number of benzene rings is 1. The number of halogens is 3. The van der Waals surface area contributed by atoms with E-state index in [0.717, 1.165) is 48.5 Å². The maximum absolute atomic E-state index is 13.2. The highest BCUT2D eigenvalue weighted by atomic mass is 19.4. The molecule has 1 aromatic carbocycles. The summed E-state index contributed by atoms with van der Waals surface area (Å²) in [6, 6.07) is 6.04. The van der Waals surface area contributed by atoms with Crippen LogP contribution < -0.4 is 9.64 Å². The molecule has 0 atom stereocenters. The van der Waals surface area contributed by atoms with Gasteiger partial charge in [0, 0.05) is 30.8 Å². The highest BCUT2D eigenvalue weighted by Crippen LogP contribution is 2.42. The van der Waals surface area contributed by atoms with Crippen LogP contribution in [-0.2, 0) is 6.18 Å². The summed E-state index contributed by atoms with van der Waals surface area (Å²) in [5.74, 6) is 0.595. The Bertz CT molecular complexity index is 859. The van der Waals surface area contributed by atoms with Gasteiger partial charge >= 0.3 is 6.18 Å². The number of hydrogen-bond donors (Lipinski definition) is 0. The first-order valence-electron chi connectivity index (χ1n) is 8.50. The number of aromatic nitrogens is 1. The van der Waals surface area contributed by atoms with E-state index in [1.54, 1.807) is 25.6 Å². The van der Waals surface area contributed by atoms with Crippen molar-refractivity contribution in [2.75, 3.05) is 18.6 Å². The van der Waals surface area contributed by atoms with Crippen molar-refractivity contribution in [3.05, 3.63) is 47.8 Å². The van der Waals surface area contributed by atoms with Crippen LogP contribution in [0.1, 0.15) is 30.4 Å². The van der Waals surface area contributed by atoms with E-state index in [1.807, 2.05) is 6.07 Å². The summed E-state index contributed by atoms with van der Waals surface area (Å²) in [5.41, 5.74) is 1.94. The van der Waals surface area contributed by atoms with Crippen LogP contribution in [0.2, 0.25) is 0 Å². The SMILES string of the molecule is COc1cncc(C2=Nc3cc(C(F)(F)F)ccc3N(C3CC3)CC2)c1. The molecular formula is C19H18F3N3O. The summed E-state index contributed by atoms with van der Waals surface area (Å²) in [5, 5.41) is 0. The molecule has 1 aromatic heterocycles. The van der Waals surface area contributed by atoms with Gasteiger partial charge in [0.15, 0.2) is 0 Å². The fraction of sp³-hybridized carbons (Fsp3) is 0.368. The summed E-state index contributed by atoms with van der Waals surface area (Å²) >= 11 is 0. The molecule has 1 fully saturated rings. The zero-order valence-electron chi connectivity index (χ0n) is 14.3. The fourth-order valence-electron chi connectivity index (χ4n) is 3.24. The minimum Gasteiger partial charge on any atom is -0.495 e. The monoisotopic (exact) mass is 361 g/mol. The first kappa shape index (κ1) is 16.9. The molecule has 1 saturated carbocycles. The summed E-state index contributed by atoms with van der Waals surface area (Å²) in [6.45, 7) is 0.721. The van der Waals surface area contributed by atoms with E-state index >= 15 is 0 Å². The number of pyridine rings is 1. The van der Waals surface area contributed by atoms with Gasteiger partial charge in [0.1, 0.15) is 5.75 Å². The Morgan fingerprint density at radius 2 is 1.96 bits per heavy atom. The number of rotatable bonds is 3. The van der Waals surface area contributed by atoms with Crippen LogP contribution in [0.5, 0.6) is 5.75 Å². The van der Waals surface area contributed by atoms with Gasteiger partial charge in [-0.05, 0) is 37.1 Å². The molecule has 4 rings (SSSR count). The van der Waals surface area contributed by atoms with Crippen LogP contribution in [0, 0.1) is 0 Å². The van der Waals surface area contributed by atoms with Gasteiger partial charge in [0.05, 0.1) is 36.0 Å². The van der Waals surface area contributed by atoms with Gasteiger partial charge < -0.3 is 9.64 Å². The van der Waals surface area contributed by atoms with Crippen molar-refractivity contribution < 1.29 is 17.9 Å². The van der Waals surface area contributed by atoms with Gasteiger partial charge in [-0.25, -0.2) is 0 Å². The Hall–Kier alpha value is -2.57. The minimum absolute atomic E-state index is 0.363. The zero-order valence-corrected chi connectivity index (χ0v) is 14.3. The van der Waals surface area contributed by atoms with Gasteiger partial charge in [-0.3, -0.25) is 9.98 Å². The van der Waals surface area contributed by atoms with Crippen molar-refractivity contribution in [3.8, 4) is 5.75 Å². The zero-order chi connectivity index (χ0) is 18.3. The Labute approximate surface area is 149 Å². The molecule has 7 heteroatoms. The molecule has 26 heavy (non-hydrogen) atoms. The lowest BCUT2D eigenvalue weighted by atomic mass is 10.1. The predicted octanol–water partition coefficient (Wildman–Crippen LogP) is 4.60. The molecule has 0 unspecified atom stereocenters. The Balaban J connectivity index is 1.80. The molecule has 2 aromatic rings. The van der Waals surface area contributed by atoms with Crippen LogP contribution in [0.15, 0.2) is 41.7 Å². The first-order valence-corrected chi connectivity index (χ1v) is 8.50. The lowest BCUT2D eigenvalue weighted by Crippen LogP contribution is -2.27. The Morgan fingerprint density at radius 3 is 2.65 bits per heavy atom. The highest BCUT2D eigenvalue weighted by Gasteiger charge is 2.35. The second-order valence-corrected chi connectivity index (χ2v) is 6.55. The summed E-state index contributed by atoms with van der Waals surface area (Å²) in [4.78, 5) is 10.9. The van der Waals surface area contributed by atoms with Crippen LogP contribution in [0.4, 0.5) is 24.5 Å². The summed E-state index contributed by atoms with van der Waals surface area (Å²) < 4.78 is 44.7. The molecular weight excluding hydrogens is 343 g/mol. The average Bonchev–Trinajstić information content (AvgIpc) is 3.46. The average molecular weight is 361 g/mol. The van der Waals surface area contributed by atoms with E-state index in [4.69, 9.17) is 4.74 Å². The smallest absolute Gasteiger partial charge is 0.416 e. The van der Waals surface area contributed by atoms with Crippen molar-refractivity contribution in [1.29, 1.82) is 0 Å². The normalized spacial score (nSPS) is 17.4. The molecule has 2 aliphatic rings. The fourth-order valence-corrected chi connectivity index (χ4v) is 3.24. The Kier molecular flexibility index (Phi) is 4.09. The van der Waals surface area contributed by atoms with Crippen molar-refractivity contribution in [3.63, 3.8) is 0 Å². The van der Waals surface area contributed by atoms with E-state index in [0.29, 0.717) is 23.9 Å². The number of ether oxygens (including phenoxy) is 1. The highest BCUT2D eigenvalue weighted by molar-refractivity contribution is 6.04. The predicted molar refractivity (Wildman–Crippen MR) is 93.4 cm³/mol. The van der Waals surface area contributed by atoms with E-state index in [1.165, 1.54) is 0 Å². The van der Waals surface area contributed by atoms with Crippen LogP contribution in [-0.4, -0.2) is 30.4 Å². The maximum Gasteiger partial charge on any atom is 0.416 e. The number of anilines is 1. The molecule has 1 aliphatic carbocycles. The van der Waals surface area contributed by atoms with Crippen molar-refractivity contribution in [2.45, 2.75) is 31.5 Å². The van der Waals surface area contributed by atoms with Crippen LogP contribution in [0.25, 0.3) is 0 Å². The van der Waals surface area contributed by atoms with E-state index in [2.05, 4.69) is 14.9 Å². The topological polar surface area (TPSA) is 37.7 Å². The second-order valence-electron chi connectivity index (χ2n) is 6.55. The largest absolute Gasteiger partial charge is 0.495 e. The number of alkyl halides is 3. The number of methoxy groups -OCH3 is 1. The van der Waals surface area contributed by atoms with Crippen molar-refractivity contribution in [1.82, 2.24) is 4.98 Å². The third kappa shape index (κ3) is 3.25. The minimum atomic E-state index is -4.39. The molecule has 0 N–H and O–H groups in total. The van der Waals surface area contributed by atoms with Gasteiger partial charge in [-0.1, -0.05) is 0 Å². The first-order chi connectivity index (χ1) is 12.5. The molecule has 0 saturated heterocycles. The Morgan fingerprint density at radius 1 is 1.15 bits per heavy atom. The third-order valence-corrected chi connectivity index (χ3v) is 4.73. The van der Waals surface area contributed by atoms with E-state index in [9.17, 15) is 13.2 Å². The van der Waals surface area contributed by atoms with E-state index < -0.39 is 11.7 Å². The van der Waals surface area contributed by atoms with E-state index in [-0.39, 0.29) is 0 Å². The van der Waals surface area contributed by atoms with Crippen molar-refractivity contribution >= 4 is 17.1 Å². The number of hydrogen-bond acceptors (Lipinski definition) is 4. The molecule has 0 bridgehead atoms. The van der Waals surface area contributed by atoms with Gasteiger partial charge in [-0.2, -0.15) is 13.2 Å².